The summed E-state index contributed by atoms with van der Waals surface area (Å²) in [6, 6.07) is 5.25. The highest BCUT2D eigenvalue weighted by atomic mass is 35.5. The molecule has 0 saturated heterocycles. The molecule has 90 valence electrons. The SMILES string of the molecule is Cc1c(N2CC=CS2(O)O)ccc(C#N)c1Cl. The van der Waals surface area contributed by atoms with Crippen LogP contribution < -0.4 is 4.31 Å². The molecule has 0 aromatic heterocycles. The average molecular weight is 271 g/mol. The van der Waals surface area contributed by atoms with Gasteiger partial charge in [0.25, 0.3) is 0 Å². The van der Waals surface area contributed by atoms with Crippen molar-refractivity contribution in [3.8, 4) is 6.07 Å². The van der Waals surface area contributed by atoms with E-state index in [9.17, 15) is 9.11 Å². The molecule has 0 fully saturated rings. The van der Waals surface area contributed by atoms with Gasteiger partial charge in [-0.2, -0.15) is 5.26 Å². The predicted octanol–water partition coefficient (Wildman–Crippen LogP) is 3.52. The first kappa shape index (κ1) is 12.3. The lowest BCUT2D eigenvalue weighted by atomic mass is 10.1. The zero-order valence-electron chi connectivity index (χ0n) is 9.09. The van der Waals surface area contributed by atoms with Crippen molar-refractivity contribution in [3.05, 3.63) is 39.8 Å². The van der Waals surface area contributed by atoms with Gasteiger partial charge < -0.3 is 0 Å². The van der Waals surface area contributed by atoms with Gasteiger partial charge in [-0.3, -0.25) is 13.4 Å². The van der Waals surface area contributed by atoms with Gasteiger partial charge in [0.1, 0.15) is 6.07 Å². The fourth-order valence-corrected chi connectivity index (χ4v) is 3.21. The number of anilines is 1. The van der Waals surface area contributed by atoms with Crippen molar-refractivity contribution < 1.29 is 9.11 Å². The largest absolute Gasteiger partial charge is 0.278 e. The van der Waals surface area contributed by atoms with Crippen LogP contribution in [0.15, 0.2) is 23.6 Å². The summed E-state index contributed by atoms with van der Waals surface area (Å²) < 4.78 is 21.1. The van der Waals surface area contributed by atoms with Crippen molar-refractivity contribution in [2.75, 3.05) is 10.8 Å². The molecule has 0 radical (unpaired) electrons. The quantitative estimate of drug-likeness (QED) is 0.819. The molecule has 17 heavy (non-hydrogen) atoms. The maximum Gasteiger partial charge on any atom is 0.101 e. The molecule has 1 aromatic rings. The van der Waals surface area contributed by atoms with Crippen LogP contribution in [0, 0.1) is 18.3 Å². The highest BCUT2D eigenvalue weighted by Gasteiger charge is 2.26. The van der Waals surface area contributed by atoms with Crippen LogP contribution in [0.3, 0.4) is 0 Å². The van der Waals surface area contributed by atoms with E-state index in [0.717, 1.165) is 0 Å². The summed E-state index contributed by atoms with van der Waals surface area (Å²) in [7, 11) is -2.89. The van der Waals surface area contributed by atoms with E-state index in [2.05, 4.69) is 0 Å². The third-order valence-electron chi connectivity index (χ3n) is 2.62. The molecule has 1 aliphatic rings. The van der Waals surface area contributed by atoms with Gasteiger partial charge in [0, 0.05) is 5.41 Å². The minimum Gasteiger partial charge on any atom is -0.278 e. The Labute approximate surface area is 106 Å². The second-order valence-electron chi connectivity index (χ2n) is 3.68. The molecule has 4 nitrogen and oxygen atoms in total. The summed E-state index contributed by atoms with van der Waals surface area (Å²) in [5, 5.41) is 10.6. The number of benzene rings is 1. The van der Waals surface area contributed by atoms with Crippen molar-refractivity contribution >= 4 is 28.1 Å². The highest BCUT2D eigenvalue weighted by Crippen LogP contribution is 2.52. The van der Waals surface area contributed by atoms with Crippen LogP contribution in [-0.2, 0) is 0 Å². The van der Waals surface area contributed by atoms with Gasteiger partial charge in [-0.25, -0.2) is 0 Å². The monoisotopic (exact) mass is 270 g/mol. The Morgan fingerprint density at radius 1 is 1.47 bits per heavy atom. The molecule has 1 aromatic carbocycles. The van der Waals surface area contributed by atoms with Crippen molar-refractivity contribution in [2.45, 2.75) is 6.92 Å². The first-order valence-corrected chi connectivity index (χ1v) is 6.83. The molecule has 0 spiro atoms. The topological polar surface area (TPSA) is 67.5 Å². The van der Waals surface area contributed by atoms with Gasteiger partial charge in [-0.05, 0) is 30.7 Å². The molecule has 0 saturated carbocycles. The van der Waals surface area contributed by atoms with Crippen molar-refractivity contribution in [2.24, 2.45) is 0 Å². The molecule has 0 bridgehead atoms. The molecule has 0 aliphatic carbocycles. The summed E-state index contributed by atoms with van der Waals surface area (Å²) >= 11 is 6.05. The molecule has 1 heterocycles. The number of hydrogen-bond acceptors (Lipinski definition) is 4. The van der Waals surface area contributed by atoms with E-state index in [1.807, 2.05) is 6.07 Å². The van der Waals surface area contributed by atoms with Crippen LogP contribution in [0.1, 0.15) is 11.1 Å². The predicted molar refractivity (Wildman–Crippen MR) is 70.2 cm³/mol. The minimum absolute atomic E-state index is 0.354. The third kappa shape index (κ3) is 2.01. The lowest BCUT2D eigenvalue weighted by Crippen LogP contribution is -2.22. The van der Waals surface area contributed by atoms with Crippen LogP contribution in [0.4, 0.5) is 5.69 Å². The molecular weight excluding hydrogens is 260 g/mol. The van der Waals surface area contributed by atoms with E-state index in [0.29, 0.717) is 28.4 Å². The van der Waals surface area contributed by atoms with E-state index in [-0.39, 0.29) is 0 Å². The fraction of sp³-hybridized carbons (Fsp3) is 0.182. The van der Waals surface area contributed by atoms with E-state index < -0.39 is 10.8 Å². The van der Waals surface area contributed by atoms with Crippen molar-refractivity contribution in [1.29, 1.82) is 5.26 Å². The Morgan fingerprint density at radius 3 is 2.71 bits per heavy atom. The van der Waals surface area contributed by atoms with Gasteiger partial charge in [0.05, 0.1) is 22.8 Å². The minimum atomic E-state index is -2.89. The van der Waals surface area contributed by atoms with Gasteiger partial charge in [-0.1, -0.05) is 22.4 Å². The zero-order valence-corrected chi connectivity index (χ0v) is 10.7. The summed E-state index contributed by atoms with van der Waals surface area (Å²) in [6.45, 7) is 2.18. The Balaban J connectivity index is 2.49. The molecule has 6 heteroatoms. The number of rotatable bonds is 1. The van der Waals surface area contributed by atoms with Crippen LogP contribution >= 0.6 is 22.4 Å². The Hall–Kier alpha value is -1.19. The van der Waals surface area contributed by atoms with Crippen LogP contribution in [-0.4, -0.2) is 15.7 Å². The van der Waals surface area contributed by atoms with Gasteiger partial charge in [-0.15, -0.1) is 0 Å². The second kappa shape index (κ2) is 4.24. The molecule has 0 unspecified atom stereocenters. The molecular formula is C11H11ClN2O2S. The second-order valence-corrected chi connectivity index (χ2v) is 5.89. The maximum absolute atomic E-state index is 9.82. The average Bonchev–Trinajstić information content (AvgIpc) is 2.62. The lowest BCUT2D eigenvalue weighted by molar-refractivity contribution is 0.498. The summed E-state index contributed by atoms with van der Waals surface area (Å²) in [4.78, 5) is 0. The van der Waals surface area contributed by atoms with Gasteiger partial charge >= 0.3 is 0 Å². The zero-order chi connectivity index (χ0) is 12.6. The Kier molecular flexibility index (Phi) is 3.06. The van der Waals surface area contributed by atoms with Crippen LogP contribution in [0.25, 0.3) is 0 Å². The summed E-state index contributed by atoms with van der Waals surface area (Å²) in [6.07, 6.45) is 1.70. The van der Waals surface area contributed by atoms with E-state index in [4.69, 9.17) is 16.9 Å². The first-order chi connectivity index (χ1) is 7.97. The van der Waals surface area contributed by atoms with Crippen LogP contribution in [0.5, 0.6) is 0 Å². The standard InChI is InChI=1S/C11H11ClN2O2S/c1-8-10(4-3-9(7-13)11(8)12)14-5-2-6-17(14,15)16/h2-4,6,15-16H,5H2,1H3. The number of nitrogens with zero attached hydrogens (tertiary/aromatic N) is 2. The van der Waals surface area contributed by atoms with Gasteiger partial charge in [0.15, 0.2) is 0 Å². The third-order valence-corrected chi connectivity index (χ3v) is 4.66. The van der Waals surface area contributed by atoms with Crippen molar-refractivity contribution in [1.82, 2.24) is 0 Å². The molecule has 0 amide bonds. The molecule has 1 aliphatic heterocycles. The van der Waals surface area contributed by atoms with E-state index in [1.54, 1.807) is 25.1 Å². The highest BCUT2D eigenvalue weighted by molar-refractivity contribution is 8.28. The van der Waals surface area contributed by atoms with E-state index in [1.165, 1.54) is 9.71 Å². The maximum atomic E-state index is 9.82. The normalized spacial score (nSPS) is 19.1. The van der Waals surface area contributed by atoms with Gasteiger partial charge in [0.2, 0.25) is 0 Å². The Morgan fingerprint density at radius 2 is 2.18 bits per heavy atom. The summed E-state index contributed by atoms with van der Waals surface area (Å²) in [5.41, 5.74) is 1.70. The smallest absolute Gasteiger partial charge is 0.101 e. The molecule has 2 rings (SSSR count). The van der Waals surface area contributed by atoms with Crippen molar-refractivity contribution in [3.63, 3.8) is 0 Å². The number of halogens is 1. The fourth-order valence-electron chi connectivity index (χ4n) is 1.73. The number of nitriles is 1. The number of hydrogen-bond donors (Lipinski definition) is 2. The molecule has 0 atom stereocenters. The van der Waals surface area contributed by atoms with E-state index >= 15 is 0 Å². The molecule has 2 N–H and O–H groups in total. The first-order valence-electron chi connectivity index (χ1n) is 4.89. The van der Waals surface area contributed by atoms with Crippen LogP contribution in [0.2, 0.25) is 5.02 Å². The lowest BCUT2D eigenvalue weighted by Gasteiger charge is -2.38. The Bertz CT molecular complexity index is 537. The summed E-state index contributed by atoms with van der Waals surface area (Å²) in [5.74, 6) is 0.